The van der Waals surface area contributed by atoms with E-state index in [1.54, 1.807) is 0 Å². The molecule has 0 atom stereocenters. The van der Waals surface area contributed by atoms with Crippen LogP contribution in [-0.2, 0) is 9.53 Å². The number of rotatable bonds is 1. The zero-order valence-corrected chi connectivity index (χ0v) is 7.19. The summed E-state index contributed by atoms with van der Waals surface area (Å²) in [5.41, 5.74) is 0.580. The third-order valence-electron chi connectivity index (χ3n) is 3.15. The van der Waals surface area contributed by atoms with E-state index in [1.807, 2.05) is 24.3 Å². The van der Waals surface area contributed by atoms with Crippen LogP contribution >= 0.6 is 0 Å². The number of allylic oxidation sites excluding steroid dienone is 2. The summed E-state index contributed by atoms with van der Waals surface area (Å²) in [5, 5.41) is 0. The molecule has 0 amide bonds. The fourth-order valence-electron chi connectivity index (χ4n) is 2.29. The van der Waals surface area contributed by atoms with E-state index in [4.69, 9.17) is 4.74 Å². The molecule has 2 heteroatoms. The Balaban J connectivity index is 2.18. The zero-order valence-electron chi connectivity index (χ0n) is 7.19. The second kappa shape index (κ2) is 2.02. The topological polar surface area (TPSA) is 26.3 Å². The second-order valence-electron chi connectivity index (χ2n) is 3.91. The minimum absolute atomic E-state index is 0.287. The number of carbonyl (C=O) groups excluding carboxylic acids is 1. The van der Waals surface area contributed by atoms with E-state index in [-0.39, 0.29) is 11.0 Å². The van der Waals surface area contributed by atoms with Gasteiger partial charge in [-0.05, 0) is 24.1 Å². The SMILES string of the molecule is O=CC12C=CC3(C=C1)OCC=C3C2. The van der Waals surface area contributed by atoms with Gasteiger partial charge in [0.15, 0.2) is 0 Å². The first-order valence-corrected chi connectivity index (χ1v) is 4.49. The summed E-state index contributed by atoms with van der Waals surface area (Å²) in [6.07, 6.45) is 11.8. The lowest BCUT2D eigenvalue weighted by Gasteiger charge is -2.40. The maximum Gasteiger partial charge on any atom is 0.134 e. The number of hydrogen-bond donors (Lipinski definition) is 0. The van der Waals surface area contributed by atoms with Crippen LogP contribution in [0.4, 0.5) is 0 Å². The van der Waals surface area contributed by atoms with E-state index in [0.29, 0.717) is 6.61 Å². The molecule has 4 aliphatic rings. The molecule has 1 spiro atoms. The Morgan fingerprint density at radius 1 is 1.31 bits per heavy atom. The zero-order chi connectivity index (χ0) is 8.94. The van der Waals surface area contributed by atoms with Gasteiger partial charge in [-0.25, -0.2) is 0 Å². The van der Waals surface area contributed by atoms with Gasteiger partial charge in [-0.3, -0.25) is 0 Å². The van der Waals surface area contributed by atoms with Crippen LogP contribution < -0.4 is 0 Å². The molecule has 3 aliphatic carbocycles. The molecule has 0 aromatic carbocycles. The standard InChI is InChI=1S/C11H10O2/c12-8-10-2-4-11(5-3-10)9(7-10)1-6-13-11/h1-5,8H,6-7H2. The van der Waals surface area contributed by atoms with Gasteiger partial charge >= 0.3 is 0 Å². The van der Waals surface area contributed by atoms with Crippen LogP contribution in [0, 0.1) is 5.41 Å². The summed E-state index contributed by atoms with van der Waals surface area (Å²) in [7, 11) is 0. The van der Waals surface area contributed by atoms with Crippen LogP contribution in [0.1, 0.15) is 6.42 Å². The highest BCUT2D eigenvalue weighted by Gasteiger charge is 2.46. The lowest BCUT2D eigenvalue weighted by molar-refractivity contribution is -0.112. The average Bonchev–Trinajstić information content (AvgIpc) is 2.60. The van der Waals surface area contributed by atoms with Crippen molar-refractivity contribution >= 4 is 6.29 Å². The van der Waals surface area contributed by atoms with E-state index in [2.05, 4.69) is 6.08 Å². The van der Waals surface area contributed by atoms with Gasteiger partial charge in [0.25, 0.3) is 0 Å². The minimum atomic E-state index is -0.374. The van der Waals surface area contributed by atoms with E-state index >= 15 is 0 Å². The first-order chi connectivity index (χ1) is 6.29. The molecule has 0 aromatic rings. The maximum absolute atomic E-state index is 11.0. The fourth-order valence-corrected chi connectivity index (χ4v) is 2.29. The number of hydrogen-bond acceptors (Lipinski definition) is 2. The van der Waals surface area contributed by atoms with Gasteiger partial charge < -0.3 is 9.53 Å². The molecule has 0 aromatic heterocycles. The van der Waals surface area contributed by atoms with Gasteiger partial charge in [-0.2, -0.15) is 0 Å². The highest BCUT2D eigenvalue weighted by atomic mass is 16.5. The van der Waals surface area contributed by atoms with Crippen LogP contribution in [0.25, 0.3) is 0 Å². The van der Waals surface area contributed by atoms with E-state index in [9.17, 15) is 4.79 Å². The van der Waals surface area contributed by atoms with Crippen molar-refractivity contribution in [2.24, 2.45) is 5.41 Å². The normalized spacial score (nSPS) is 44.8. The Bertz CT molecular complexity index is 346. The van der Waals surface area contributed by atoms with Crippen LogP contribution in [-0.4, -0.2) is 18.5 Å². The lowest BCUT2D eigenvalue weighted by Crippen LogP contribution is -2.39. The smallest absolute Gasteiger partial charge is 0.134 e. The lowest BCUT2D eigenvalue weighted by atomic mass is 9.67. The largest absolute Gasteiger partial charge is 0.358 e. The second-order valence-corrected chi connectivity index (χ2v) is 3.91. The van der Waals surface area contributed by atoms with E-state index < -0.39 is 0 Å². The Morgan fingerprint density at radius 3 is 2.77 bits per heavy atom. The van der Waals surface area contributed by atoms with Gasteiger partial charge in [0, 0.05) is 0 Å². The van der Waals surface area contributed by atoms with Gasteiger partial charge in [0.05, 0.1) is 12.0 Å². The fraction of sp³-hybridized carbons (Fsp3) is 0.364. The Labute approximate surface area is 76.6 Å². The molecule has 0 radical (unpaired) electrons. The monoisotopic (exact) mass is 174 g/mol. The summed E-state index contributed by atoms with van der Waals surface area (Å²) >= 11 is 0. The third kappa shape index (κ3) is 0.742. The number of ether oxygens (including phenoxy) is 1. The van der Waals surface area contributed by atoms with Gasteiger partial charge in [-0.1, -0.05) is 18.2 Å². The highest BCUT2D eigenvalue weighted by molar-refractivity contribution is 5.71. The predicted octanol–water partition coefficient (Wildman–Crippen LogP) is 1.40. The van der Waals surface area contributed by atoms with Gasteiger partial charge in [0.1, 0.15) is 11.9 Å². The Kier molecular flexibility index (Phi) is 1.13. The summed E-state index contributed by atoms with van der Waals surface area (Å²) < 4.78 is 5.64. The predicted molar refractivity (Wildman–Crippen MR) is 48.2 cm³/mol. The van der Waals surface area contributed by atoms with Crippen LogP contribution in [0.2, 0.25) is 0 Å². The molecule has 13 heavy (non-hydrogen) atoms. The van der Waals surface area contributed by atoms with Gasteiger partial charge in [0.2, 0.25) is 0 Å². The minimum Gasteiger partial charge on any atom is -0.358 e. The molecular formula is C11H10O2. The molecule has 0 saturated heterocycles. The van der Waals surface area contributed by atoms with Crippen molar-refractivity contribution in [1.82, 2.24) is 0 Å². The molecule has 0 unspecified atom stereocenters. The molecule has 0 saturated carbocycles. The van der Waals surface area contributed by atoms with Crippen LogP contribution in [0.5, 0.6) is 0 Å². The van der Waals surface area contributed by atoms with Gasteiger partial charge in [-0.15, -0.1) is 0 Å². The van der Waals surface area contributed by atoms with E-state index in [1.165, 1.54) is 5.57 Å². The highest BCUT2D eigenvalue weighted by Crippen LogP contribution is 2.48. The van der Waals surface area contributed by atoms with Crippen molar-refractivity contribution in [1.29, 1.82) is 0 Å². The van der Waals surface area contributed by atoms with Crippen molar-refractivity contribution in [3.8, 4) is 0 Å². The van der Waals surface area contributed by atoms with Crippen molar-refractivity contribution < 1.29 is 9.53 Å². The van der Waals surface area contributed by atoms with E-state index in [0.717, 1.165) is 12.7 Å². The van der Waals surface area contributed by atoms with Crippen molar-refractivity contribution in [3.63, 3.8) is 0 Å². The summed E-state index contributed by atoms with van der Waals surface area (Å²) in [6.45, 7) is 0.666. The average molecular weight is 174 g/mol. The van der Waals surface area contributed by atoms with Crippen LogP contribution in [0.3, 0.4) is 0 Å². The van der Waals surface area contributed by atoms with Crippen LogP contribution in [0.15, 0.2) is 36.0 Å². The number of carbonyl (C=O) groups is 1. The quantitative estimate of drug-likeness (QED) is 0.443. The van der Waals surface area contributed by atoms with Crippen molar-refractivity contribution in [2.45, 2.75) is 12.0 Å². The summed E-state index contributed by atoms with van der Waals surface area (Å²) in [4.78, 5) is 11.0. The molecule has 0 fully saturated rings. The third-order valence-corrected chi connectivity index (χ3v) is 3.15. The molecule has 1 aliphatic heterocycles. The number of aldehydes is 1. The van der Waals surface area contributed by atoms with Crippen molar-refractivity contribution in [3.05, 3.63) is 36.0 Å². The summed E-state index contributed by atoms with van der Waals surface area (Å²) in [6, 6.07) is 0. The molecule has 4 rings (SSSR count). The Hall–Kier alpha value is -1.15. The molecule has 2 nitrogen and oxygen atoms in total. The first kappa shape index (κ1) is 7.27. The maximum atomic E-state index is 11.0. The molecule has 1 heterocycles. The molecule has 66 valence electrons. The molecule has 0 N–H and O–H groups in total. The Morgan fingerprint density at radius 2 is 2.08 bits per heavy atom. The first-order valence-electron chi connectivity index (χ1n) is 4.49. The summed E-state index contributed by atoms with van der Waals surface area (Å²) in [5.74, 6) is 0. The van der Waals surface area contributed by atoms with Crippen molar-refractivity contribution in [2.75, 3.05) is 6.61 Å². The molecule has 2 bridgehead atoms. The molecular weight excluding hydrogens is 164 g/mol.